The van der Waals surface area contributed by atoms with Crippen molar-refractivity contribution in [3.8, 4) is 5.75 Å². The number of aliphatic hydroxyl groups excluding tert-OH is 1. The van der Waals surface area contributed by atoms with Crippen LogP contribution in [0.3, 0.4) is 0 Å². The third-order valence-electron chi connectivity index (χ3n) is 3.58. The highest BCUT2D eigenvalue weighted by atomic mass is 35.5. The van der Waals surface area contributed by atoms with E-state index in [2.05, 4.69) is 5.32 Å². The standard InChI is InChI=1S/C17H16ClF2NO3/c1-9(22)13(6-10-2-3-11(18)7-15(10)20)17(24)21-16-8-12(23)4-5-14(16)19/h2-5,7-9,13,22-23H,6H2,1H3,(H,21,24). The first-order valence-corrected chi connectivity index (χ1v) is 7.57. The average molecular weight is 356 g/mol. The van der Waals surface area contributed by atoms with Crippen LogP contribution in [0.5, 0.6) is 5.75 Å². The summed E-state index contributed by atoms with van der Waals surface area (Å²) in [6.07, 6.45) is -1.19. The molecule has 2 unspecified atom stereocenters. The van der Waals surface area contributed by atoms with E-state index in [0.717, 1.165) is 24.3 Å². The molecule has 7 heteroatoms. The Morgan fingerprint density at radius 1 is 1.21 bits per heavy atom. The van der Waals surface area contributed by atoms with E-state index in [1.807, 2.05) is 0 Å². The minimum atomic E-state index is -1.10. The molecule has 0 radical (unpaired) electrons. The highest BCUT2D eigenvalue weighted by Crippen LogP contribution is 2.23. The van der Waals surface area contributed by atoms with Gasteiger partial charge < -0.3 is 15.5 Å². The molecule has 0 aromatic heterocycles. The molecule has 2 aromatic carbocycles. The average Bonchev–Trinajstić information content (AvgIpc) is 2.49. The van der Waals surface area contributed by atoms with Gasteiger partial charge in [-0.1, -0.05) is 17.7 Å². The second-order valence-corrected chi connectivity index (χ2v) is 5.88. The lowest BCUT2D eigenvalue weighted by atomic mass is 9.93. The van der Waals surface area contributed by atoms with Crippen molar-refractivity contribution in [3.05, 3.63) is 58.6 Å². The molecule has 0 aliphatic heterocycles. The molecule has 128 valence electrons. The number of hydrogen-bond acceptors (Lipinski definition) is 3. The Balaban J connectivity index is 2.20. The topological polar surface area (TPSA) is 69.6 Å². The Labute approximate surface area is 142 Å². The Hall–Kier alpha value is -2.18. The van der Waals surface area contributed by atoms with E-state index in [1.54, 1.807) is 0 Å². The lowest BCUT2D eigenvalue weighted by molar-refractivity contribution is -0.122. The summed E-state index contributed by atoms with van der Waals surface area (Å²) in [5.41, 5.74) is -0.0148. The molecule has 2 aromatic rings. The van der Waals surface area contributed by atoms with Gasteiger partial charge in [-0.2, -0.15) is 0 Å². The molecule has 0 saturated heterocycles. The molecule has 0 aliphatic rings. The molecule has 2 atom stereocenters. The third-order valence-corrected chi connectivity index (χ3v) is 3.82. The summed E-state index contributed by atoms with van der Waals surface area (Å²) in [6.45, 7) is 1.39. The van der Waals surface area contributed by atoms with E-state index in [0.29, 0.717) is 0 Å². The minimum Gasteiger partial charge on any atom is -0.508 e. The van der Waals surface area contributed by atoms with Crippen molar-refractivity contribution in [1.82, 2.24) is 0 Å². The maximum atomic E-state index is 13.9. The Bertz CT molecular complexity index is 753. The van der Waals surface area contributed by atoms with Crippen LogP contribution in [0.1, 0.15) is 12.5 Å². The van der Waals surface area contributed by atoms with E-state index in [-0.39, 0.29) is 28.4 Å². The van der Waals surface area contributed by atoms with Crippen LogP contribution < -0.4 is 5.32 Å². The van der Waals surface area contributed by atoms with Crippen LogP contribution in [0.15, 0.2) is 36.4 Å². The van der Waals surface area contributed by atoms with Crippen molar-refractivity contribution in [2.45, 2.75) is 19.4 Å². The molecule has 0 heterocycles. The van der Waals surface area contributed by atoms with Gasteiger partial charge >= 0.3 is 0 Å². The number of hydrogen-bond donors (Lipinski definition) is 3. The first-order chi connectivity index (χ1) is 11.3. The summed E-state index contributed by atoms with van der Waals surface area (Å²) in [5, 5.41) is 21.7. The second-order valence-electron chi connectivity index (χ2n) is 5.44. The molecule has 2 rings (SSSR count). The molecule has 0 aliphatic carbocycles. The fourth-order valence-corrected chi connectivity index (χ4v) is 2.40. The zero-order valence-corrected chi connectivity index (χ0v) is 13.5. The van der Waals surface area contributed by atoms with E-state index >= 15 is 0 Å². The number of aliphatic hydroxyl groups is 1. The van der Waals surface area contributed by atoms with Crippen molar-refractivity contribution in [1.29, 1.82) is 0 Å². The van der Waals surface area contributed by atoms with Crippen molar-refractivity contribution in [2.24, 2.45) is 5.92 Å². The fraction of sp³-hybridized carbons (Fsp3) is 0.235. The van der Waals surface area contributed by atoms with Crippen LogP contribution in [0.25, 0.3) is 0 Å². The SMILES string of the molecule is CC(O)C(Cc1ccc(Cl)cc1F)C(=O)Nc1cc(O)ccc1F. The molecule has 24 heavy (non-hydrogen) atoms. The van der Waals surface area contributed by atoms with Crippen molar-refractivity contribution < 1.29 is 23.8 Å². The molecule has 0 fully saturated rings. The molecule has 0 bridgehead atoms. The Morgan fingerprint density at radius 2 is 1.92 bits per heavy atom. The monoisotopic (exact) mass is 355 g/mol. The van der Waals surface area contributed by atoms with Crippen LogP contribution in [-0.4, -0.2) is 22.2 Å². The molecular formula is C17H16ClF2NO3. The van der Waals surface area contributed by atoms with Gasteiger partial charge in [-0.3, -0.25) is 4.79 Å². The van der Waals surface area contributed by atoms with Gasteiger partial charge in [-0.05, 0) is 43.2 Å². The Morgan fingerprint density at radius 3 is 2.54 bits per heavy atom. The first-order valence-electron chi connectivity index (χ1n) is 7.19. The maximum Gasteiger partial charge on any atom is 0.230 e. The van der Waals surface area contributed by atoms with Crippen LogP contribution in [-0.2, 0) is 11.2 Å². The largest absolute Gasteiger partial charge is 0.508 e. The van der Waals surface area contributed by atoms with Gasteiger partial charge in [0.25, 0.3) is 0 Å². The van der Waals surface area contributed by atoms with E-state index < -0.39 is 29.6 Å². The lowest BCUT2D eigenvalue weighted by Gasteiger charge is -2.20. The molecule has 1 amide bonds. The quantitative estimate of drug-likeness (QED) is 0.768. The number of nitrogens with one attached hydrogen (secondary N) is 1. The van der Waals surface area contributed by atoms with Gasteiger partial charge in [0, 0.05) is 11.1 Å². The number of carbonyl (C=O) groups excluding carboxylic acids is 1. The summed E-state index contributed by atoms with van der Waals surface area (Å²) >= 11 is 5.68. The summed E-state index contributed by atoms with van der Waals surface area (Å²) in [6, 6.07) is 7.21. The number of halogens is 3. The van der Waals surface area contributed by atoms with Gasteiger partial charge in [0.1, 0.15) is 17.4 Å². The maximum absolute atomic E-state index is 13.9. The van der Waals surface area contributed by atoms with Crippen LogP contribution in [0.2, 0.25) is 5.02 Å². The predicted octanol–water partition coefficient (Wildman–Crippen LogP) is 3.50. The van der Waals surface area contributed by atoms with Crippen molar-refractivity contribution in [2.75, 3.05) is 5.32 Å². The number of benzene rings is 2. The highest BCUT2D eigenvalue weighted by molar-refractivity contribution is 6.30. The smallest absolute Gasteiger partial charge is 0.230 e. The number of aromatic hydroxyl groups is 1. The summed E-state index contributed by atoms with van der Waals surface area (Å²) in [5.74, 6) is -3.25. The zero-order valence-electron chi connectivity index (χ0n) is 12.8. The lowest BCUT2D eigenvalue weighted by Crippen LogP contribution is -2.33. The van der Waals surface area contributed by atoms with Crippen molar-refractivity contribution in [3.63, 3.8) is 0 Å². The Kier molecular flexibility index (Phi) is 5.75. The normalized spacial score (nSPS) is 13.4. The van der Waals surface area contributed by atoms with Crippen molar-refractivity contribution >= 4 is 23.2 Å². The van der Waals surface area contributed by atoms with Gasteiger partial charge in [-0.15, -0.1) is 0 Å². The van der Waals surface area contributed by atoms with Crippen LogP contribution in [0, 0.1) is 17.6 Å². The number of phenols is 1. The van der Waals surface area contributed by atoms with Gasteiger partial charge in [0.2, 0.25) is 5.91 Å². The molecule has 0 saturated carbocycles. The minimum absolute atomic E-state index is 0.0903. The summed E-state index contributed by atoms with van der Waals surface area (Å²) in [7, 11) is 0. The fourth-order valence-electron chi connectivity index (χ4n) is 2.24. The number of amides is 1. The number of phenolic OH excluding ortho intramolecular Hbond substituents is 1. The molecule has 4 nitrogen and oxygen atoms in total. The van der Waals surface area contributed by atoms with E-state index in [4.69, 9.17) is 11.6 Å². The van der Waals surface area contributed by atoms with Gasteiger partial charge in [0.15, 0.2) is 0 Å². The van der Waals surface area contributed by atoms with Gasteiger partial charge in [-0.25, -0.2) is 8.78 Å². The highest BCUT2D eigenvalue weighted by Gasteiger charge is 2.26. The predicted molar refractivity (Wildman–Crippen MR) is 87.0 cm³/mol. The van der Waals surface area contributed by atoms with E-state index in [1.165, 1.54) is 19.1 Å². The van der Waals surface area contributed by atoms with Gasteiger partial charge in [0.05, 0.1) is 17.7 Å². The summed E-state index contributed by atoms with van der Waals surface area (Å²) < 4.78 is 27.6. The number of carbonyl (C=O) groups is 1. The van der Waals surface area contributed by atoms with E-state index in [9.17, 15) is 23.8 Å². The second kappa shape index (κ2) is 7.59. The molecule has 0 spiro atoms. The molecule has 3 N–H and O–H groups in total. The first kappa shape index (κ1) is 18.2. The third kappa shape index (κ3) is 4.43. The van der Waals surface area contributed by atoms with Crippen LogP contribution >= 0.6 is 11.6 Å². The number of anilines is 1. The molecular weight excluding hydrogens is 340 g/mol. The zero-order chi connectivity index (χ0) is 17.9. The van der Waals surface area contributed by atoms with Crippen LogP contribution in [0.4, 0.5) is 14.5 Å². The number of rotatable bonds is 5. The summed E-state index contributed by atoms with van der Waals surface area (Å²) in [4.78, 5) is 12.3.